The van der Waals surface area contributed by atoms with Gasteiger partial charge in [-0.25, -0.2) is 4.39 Å². The maximum absolute atomic E-state index is 11.8. The molecule has 0 rings (SSSR count). The molecule has 0 radical (unpaired) electrons. The molecule has 0 aromatic carbocycles. The van der Waals surface area contributed by atoms with Gasteiger partial charge in [-0.2, -0.15) is 0 Å². The molecule has 0 unspecified atom stereocenters. The van der Waals surface area contributed by atoms with Crippen molar-refractivity contribution in [1.82, 2.24) is 0 Å². The van der Waals surface area contributed by atoms with E-state index >= 15 is 0 Å². The fourth-order valence-electron chi connectivity index (χ4n) is 0.509. The first kappa shape index (κ1) is 9.07. The van der Waals surface area contributed by atoms with Crippen LogP contribution in [0.4, 0.5) is 4.39 Å². The number of rotatable bonds is 5. The molecule has 0 N–H and O–H groups in total. The van der Waals surface area contributed by atoms with Crippen molar-refractivity contribution < 1.29 is 13.2 Å². The Labute approximate surface area is 56.8 Å². The smallest absolute Gasteiger partial charge is 0.353 e. The molecule has 4 heteroatoms. The van der Waals surface area contributed by atoms with E-state index in [0.717, 1.165) is 0 Å². The highest BCUT2D eigenvalue weighted by molar-refractivity contribution is 6.44. The van der Waals surface area contributed by atoms with Crippen molar-refractivity contribution in [3.8, 4) is 0 Å². The summed E-state index contributed by atoms with van der Waals surface area (Å²) in [5.41, 5.74) is 0. The third-order valence-corrected chi connectivity index (χ3v) is 2.49. The third-order valence-electron chi connectivity index (χ3n) is 0.831. The molecule has 0 aromatic heterocycles. The van der Waals surface area contributed by atoms with Gasteiger partial charge in [-0.3, -0.25) is 0 Å². The minimum atomic E-state index is -1.88. The molecule has 0 aliphatic rings. The van der Waals surface area contributed by atoms with Crippen LogP contribution in [0.15, 0.2) is 0 Å². The lowest BCUT2D eigenvalue weighted by atomic mass is 10.9. The SMILES string of the molecule is CCO[SiH](CF)OCC. The molecular weight excluding hydrogens is 139 g/mol. The number of alkyl halides is 1. The van der Waals surface area contributed by atoms with E-state index in [-0.39, 0.29) is 0 Å². The molecule has 0 saturated heterocycles. The average Bonchev–Trinajstić information content (AvgIpc) is 1.88. The first-order valence-electron chi connectivity index (χ1n) is 3.14. The first-order valence-corrected chi connectivity index (χ1v) is 4.90. The maximum atomic E-state index is 11.8. The summed E-state index contributed by atoms with van der Waals surface area (Å²) < 4.78 is 21.8. The van der Waals surface area contributed by atoms with E-state index in [1.54, 1.807) is 0 Å². The van der Waals surface area contributed by atoms with E-state index < -0.39 is 15.6 Å². The van der Waals surface area contributed by atoms with Crippen molar-refractivity contribution in [1.29, 1.82) is 0 Å². The van der Waals surface area contributed by atoms with Crippen molar-refractivity contribution >= 4 is 9.28 Å². The zero-order valence-corrected chi connectivity index (χ0v) is 7.05. The van der Waals surface area contributed by atoms with Crippen molar-refractivity contribution in [3.63, 3.8) is 0 Å². The highest BCUT2D eigenvalue weighted by Crippen LogP contribution is 1.89. The normalized spacial score (nSPS) is 10.7. The molecule has 0 amide bonds. The summed E-state index contributed by atoms with van der Waals surface area (Å²) in [6.07, 6.45) is -0.429. The first-order chi connectivity index (χ1) is 4.35. The predicted molar refractivity (Wildman–Crippen MR) is 36.4 cm³/mol. The third kappa shape index (κ3) is 4.56. The Balaban J connectivity index is 3.18. The average molecular weight is 152 g/mol. The summed E-state index contributed by atoms with van der Waals surface area (Å²) in [7, 11) is -1.88. The van der Waals surface area contributed by atoms with Crippen LogP contribution in [0.3, 0.4) is 0 Å². The van der Waals surface area contributed by atoms with Gasteiger partial charge in [0.2, 0.25) is 0 Å². The van der Waals surface area contributed by atoms with Crippen LogP contribution in [-0.4, -0.2) is 28.8 Å². The zero-order chi connectivity index (χ0) is 7.11. The van der Waals surface area contributed by atoms with Gasteiger partial charge >= 0.3 is 9.28 Å². The van der Waals surface area contributed by atoms with Crippen molar-refractivity contribution in [3.05, 3.63) is 0 Å². The second-order valence-corrected chi connectivity index (χ2v) is 3.33. The van der Waals surface area contributed by atoms with Crippen molar-refractivity contribution in [2.45, 2.75) is 13.8 Å². The van der Waals surface area contributed by atoms with Gasteiger partial charge in [0.1, 0.15) is 6.30 Å². The molecule has 0 atom stereocenters. The molecule has 0 saturated carbocycles. The van der Waals surface area contributed by atoms with Gasteiger partial charge in [0.15, 0.2) is 0 Å². The molecule has 0 fully saturated rings. The van der Waals surface area contributed by atoms with E-state index in [1.807, 2.05) is 13.8 Å². The molecule has 0 aromatic rings. The lowest BCUT2D eigenvalue weighted by Gasteiger charge is -2.09. The minimum absolute atomic E-state index is 0.429. The number of hydrogen-bond donors (Lipinski definition) is 0. The second kappa shape index (κ2) is 6.19. The zero-order valence-electron chi connectivity index (χ0n) is 5.89. The van der Waals surface area contributed by atoms with Crippen LogP contribution in [0, 0.1) is 0 Å². The number of halogens is 1. The van der Waals surface area contributed by atoms with Gasteiger partial charge in [-0.15, -0.1) is 0 Å². The largest absolute Gasteiger partial charge is 0.395 e. The molecule has 0 aliphatic carbocycles. The summed E-state index contributed by atoms with van der Waals surface area (Å²) in [5.74, 6) is 0. The van der Waals surface area contributed by atoms with Crippen LogP contribution in [0.1, 0.15) is 13.8 Å². The van der Waals surface area contributed by atoms with Gasteiger partial charge in [-0.05, 0) is 13.8 Å². The lowest BCUT2D eigenvalue weighted by molar-refractivity contribution is 0.202. The lowest BCUT2D eigenvalue weighted by Crippen LogP contribution is -2.25. The van der Waals surface area contributed by atoms with Crippen LogP contribution in [0.2, 0.25) is 0 Å². The summed E-state index contributed by atoms with van der Waals surface area (Å²) in [5, 5.41) is 0. The summed E-state index contributed by atoms with van der Waals surface area (Å²) in [6.45, 7) is 4.80. The Bertz CT molecular complexity index is 56.9. The van der Waals surface area contributed by atoms with Crippen molar-refractivity contribution in [2.75, 3.05) is 19.5 Å². The van der Waals surface area contributed by atoms with Gasteiger partial charge < -0.3 is 8.85 Å². The fourth-order valence-corrected chi connectivity index (χ4v) is 1.53. The predicted octanol–water partition coefficient (Wildman–Crippen LogP) is 0.789. The summed E-state index contributed by atoms with van der Waals surface area (Å²) in [6, 6.07) is 0. The Morgan fingerprint density at radius 3 is 1.89 bits per heavy atom. The molecule has 0 spiro atoms. The molecule has 0 aliphatic heterocycles. The summed E-state index contributed by atoms with van der Waals surface area (Å²) in [4.78, 5) is 0. The van der Waals surface area contributed by atoms with Crippen LogP contribution in [-0.2, 0) is 8.85 Å². The molecule has 0 heterocycles. The van der Waals surface area contributed by atoms with Crippen LogP contribution in [0.5, 0.6) is 0 Å². The van der Waals surface area contributed by atoms with Crippen LogP contribution in [0.25, 0.3) is 0 Å². The molecule has 0 bridgehead atoms. The molecular formula is C5H13FO2Si. The van der Waals surface area contributed by atoms with Crippen LogP contribution >= 0.6 is 0 Å². The highest BCUT2D eigenvalue weighted by Gasteiger charge is 2.09. The van der Waals surface area contributed by atoms with E-state index in [4.69, 9.17) is 8.85 Å². The number of hydrogen-bond acceptors (Lipinski definition) is 2. The maximum Gasteiger partial charge on any atom is 0.353 e. The quantitative estimate of drug-likeness (QED) is 0.542. The standard InChI is InChI=1S/C5H13FO2Si/c1-3-7-9(5-6)8-4-2/h9H,3-5H2,1-2H3. The monoisotopic (exact) mass is 152 g/mol. The van der Waals surface area contributed by atoms with Gasteiger partial charge in [0.25, 0.3) is 0 Å². The Morgan fingerprint density at radius 1 is 1.22 bits per heavy atom. The summed E-state index contributed by atoms with van der Waals surface area (Å²) >= 11 is 0. The van der Waals surface area contributed by atoms with E-state index in [2.05, 4.69) is 0 Å². The Morgan fingerprint density at radius 2 is 1.67 bits per heavy atom. The topological polar surface area (TPSA) is 18.5 Å². The Hall–Kier alpha value is 0.0669. The van der Waals surface area contributed by atoms with E-state index in [0.29, 0.717) is 13.2 Å². The van der Waals surface area contributed by atoms with E-state index in [1.165, 1.54) is 0 Å². The van der Waals surface area contributed by atoms with Gasteiger partial charge in [0, 0.05) is 13.2 Å². The van der Waals surface area contributed by atoms with Crippen LogP contribution < -0.4 is 0 Å². The van der Waals surface area contributed by atoms with E-state index in [9.17, 15) is 4.39 Å². The van der Waals surface area contributed by atoms with Gasteiger partial charge in [0.05, 0.1) is 0 Å². The molecule has 9 heavy (non-hydrogen) atoms. The van der Waals surface area contributed by atoms with Crippen molar-refractivity contribution in [2.24, 2.45) is 0 Å². The minimum Gasteiger partial charge on any atom is -0.395 e. The molecule has 2 nitrogen and oxygen atoms in total. The second-order valence-electron chi connectivity index (χ2n) is 1.49. The highest BCUT2D eigenvalue weighted by atomic mass is 28.3. The van der Waals surface area contributed by atoms with Gasteiger partial charge in [-0.1, -0.05) is 0 Å². The fraction of sp³-hybridized carbons (Fsp3) is 1.00. The molecule has 56 valence electrons. The Kier molecular flexibility index (Phi) is 6.24.